The zero-order valence-electron chi connectivity index (χ0n) is 13.6. The highest BCUT2D eigenvalue weighted by atomic mass is 127. The van der Waals surface area contributed by atoms with Crippen molar-refractivity contribution in [3.63, 3.8) is 0 Å². The van der Waals surface area contributed by atoms with Gasteiger partial charge in [0.1, 0.15) is 5.75 Å². The van der Waals surface area contributed by atoms with Crippen molar-refractivity contribution in [2.45, 2.75) is 13.0 Å². The van der Waals surface area contributed by atoms with Crippen LogP contribution in [-0.4, -0.2) is 57.5 Å². The van der Waals surface area contributed by atoms with Crippen molar-refractivity contribution in [1.29, 1.82) is 0 Å². The summed E-state index contributed by atoms with van der Waals surface area (Å²) in [5.74, 6) is 1.43. The minimum atomic E-state index is 0. The molecular formula is C16H26IN3O3. The van der Waals surface area contributed by atoms with Crippen molar-refractivity contribution in [2.75, 3.05) is 46.6 Å². The molecule has 0 amide bonds. The number of hydrogen-bond donors (Lipinski definition) is 1. The van der Waals surface area contributed by atoms with Gasteiger partial charge in [-0.25, -0.2) is 4.99 Å². The Balaban J connectivity index is 0.00000264. The minimum absolute atomic E-state index is 0. The van der Waals surface area contributed by atoms with Crippen LogP contribution in [-0.2, 0) is 16.0 Å². The number of hydrogen-bond acceptors (Lipinski definition) is 4. The predicted molar refractivity (Wildman–Crippen MR) is 102 cm³/mol. The molecule has 23 heavy (non-hydrogen) atoms. The summed E-state index contributed by atoms with van der Waals surface area (Å²) in [4.78, 5) is 6.51. The molecule has 130 valence electrons. The van der Waals surface area contributed by atoms with Crippen LogP contribution in [0.4, 0.5) is 0 Å². The number of nitrogens with zero attached hydrogens (tertiary/aromatic N) is 2. The fourth-order valence-corrected chi connectivity index (χ4v) is 2.19. The van der Waals surface area contributed by atoms with E-state index in [0.29, 0.717) is 38.9 Å². The van der Waals surface area contributed by atoms with E-state index in [2.05, 4.69) is 9.89 Å². The van der Waals surface area contributed by atoms with E-state index >= 15 is 0 Å². The zero-order valence-corrected chi connectivity index (χ0v) is 15.9. The fraction of sp³-hybridized carbons (Fsp3) is 0.562. The third-order valence-corrected chi connectivity index (χ3v) is 3.42. The number of aliphatic imine (C=N–C) groups is 1. The molecule has 0 atom stereocenters. The molecule has 0 spiro atoms. The van der Waals surface area contributed by atoms with Crippen molar-refractivity contribution in [2.24, 2.45) is 10.7 Å². The SMILES string of the molecule is COCCCOc1cccc(CN=C(N)N2CCOCC2)c1.I. The quantitative estimate of drug-likeness (QED) is 0.307. The summed E-state index contributed by atoms with van der Waals surface area (Å²) in [5.41, 5.74) is 7.11. The molecule has 6 nitrogen and oxygen atoms in total. The highest BCUT2D eigenvalue weighted by Gasteiger charge is 2.11. The summed E-state index contributed by atoms with van der Waals surface area (Å²) in [6, 6.07) is 7.95. The first-order chi connectivity index (χ1) is 10.8. The largest absolute Gasteiger partial charge is 0.493 e. The molecule has 2 rings (SSSR count). The molecule has 1 fully saturated rings. The van der Waals surface area contributed by atoms with Gasteiger partial charge in [-0.05, 0) is 17.7 Å². The monoisotopic (exact) mass is 435 g/mol. The Labute approximate surface area is 155 Å². The third-order valence-electron chi connectivity index (χ3n) is 3.42. The van der Waals surface area contributed by atoms with Gasteiger partial charge in [-0.1, -0.05) is 12.1 Å². The standard InChI is InChI=1S/C16H25N3O3.HI/c1-20-8-3-9-22-15-5-2-4-14(12-15)13-18-16(17)19-6-10-21-11-7-19;/h2,4-5,12H,3,6-11,13H2,1H3,(H2,17,18);1H. The van der Waals surface area contributed by atoms with Gasteiger partial charge in [0.15, 0.2) is 5.96 Å². The fourth-order valence-electron chi connectivity index (χ4n) is 2.19. The third kappa shape index (κ3) is 7.36. The van der Waals surface area contributed by atoms with E-state index in [0.717, 1.165) is 30.8 Å². The Morgan fingerprint density at radius 2 is 2.09 bits per heavy atom. The van der Waals surface area contributed by atoms with Crippen molar-refractivity contribution in [1.82, 2.24) is 4.90 Å². The maximum absolute atomic E-state index is 6.02. The lowest BCUT2D eigenvalue weighted by molar-refractivity contribution is 0.0674. The van der Waals surface area contributed by atoms with Crippen LogP contribution in [0.5, 0.6) is 5.75 Å². The Hall–Kier alpha value is -1.06. The van der Waals surface area contributed by atoms with Crippen molar-refractivity contribution < 1.29 is 14.2 Å². The van der Waals surface area contributed by atoms with Crippen LogP contribution in [0, 0.1) is 0 Å². The van der Waals surface area contributed by atoms with Crippen LogP contribution in [0.3, 0.4) is 0 Å². The molecule has 1 aliphatic heterocycles. The smallest absolute Gasteiger partial charge is 0.191 e. The van der Waals surface area contributed by atoms with Crippen LogP contribution in [0.1, 0.15) is 12.0 Å². The topological polar surface area (TPSA) is 69.3 Å². The maximum Gasteiger partial charge on any atom is 0.191 e. The molecule has 0 saturated carbocycles. The van der Waals surface area contributed by atoms with Crippen LogP contribution < -0.4 is 10.5 Å². The van der Waals surface area contributed by atoms with Crippen LogP contribution >= 0.6 is 24.0 Å². The molecule has 1 saturated heterocycles. The Bertz CT molecular complexity index is 479. The summed E-state index contributed by atoms with van der Waals surface area (Å²) >= 11 is 0. The van der Waals surface area contributed by atoms with Crippen LogP contribution in [0.15, 0.2) is 29.3 Å². The van der Waals surface area contributed by atoms with Crippen LogP contribution in [0.2, 0.25) is 0 Å². The van der Waals surface area contributed by atoms with Gasteiger partial charge in [-0.3, -0.25) is 0 Å². The number of halogens is 1. The minimum Gasteiger partial charge on any atom is -0.493 e. The lowest BCUT2D eigenvalue weighted by Gasteiger charge is -2.27. The van der Waals surface area contributed by atoms with Gasteiger partial charge < -0.3 is 24.8 Å². The van der Waals surface area contributed by atoms with E-state index < -0.39 is 0 Å². The molecule has 0 bridgehead atoms. The van der Waals surface area contributed by atoms with Gasteiger partial charge in [0, 0.05) is 33.2 Å². The first-order valence-corrected chi connectivity index (χ1v) is 7.63. The first kappa shape index (κ1) is 20.0. The van der Waals surface area contributed by atoms with Crippen molar-refractivity contribution in [3.8, 4) is 5.75 Å². The summed E-state index contributed by atoms with van der Waals surface area (Å²) in [6.07, 6.45) is 0.878. The second-order valence-corrected chi connectivity index (χ2v) is 5.12. The molecular weight excluding hydrogens is 409 g/mol. The number of guanidine groups is 1. The number of nitrogens with two attached hydrogens (primary N) is 1. The molecule has 1 aromatic rings. The van der Waals surface area contributed by atoms with E-state index in [1.54, 1.807) is 7.11 Å². The molecule has 1 aromatic carbocycles. The van der Waals surface area contributed by atoms with E-state index in [9.17, 15) is 0 Å². The Morgan fingerprint density at radius 1 is 1.30 bits per heavy atom. The van der Waals surface area contributed by atoms with E-state index in [1.807, 2.05) is 24.3 Å². The molecule has 7 heteroatoms. The average Bonchev–Trinajstić information content (AvgIpc) is 2.58. The first-order valence-electron chi connectivity index (χ1n) is 7.63. The lowest BCUT2D eigenvalue weighted by atomic mass is 10.2. The van der Waals surface area contributed by atoms with Gasteiger partial charge in [-0.2, -0.15) is 0 Å². The van der Waals surface area contributed by atoms with Gasteiger partial charge >= 0.3 is 0 Å². The second kappa shape index (κ2) is 11.5. The van der Waals surface area contributed by atoms with Crippen molar-refractivity contribution >= 4 is 29.9 Å². The van der Waals surface area contributed by atoms with Crippen molar-refractivity contribution in [3.05, 3.63) is 29.8 Å². The summed E-state index contributed by atoms with van der Waals surface area (Å²) < 4.78 is 16.0. The number of morpholine rings is 1. The number of ether oxygens (including phenoxy) is 3. The normalized spacial score (nSPS) is 15.2. The summed E-state index contributed by atoms with van der Waals surface area (Å²) in [7, 11) is 1.69. The summed E-state index contributed by atoms with van der Waals surface area (Å²) in [5, 5.41) is 0. The van der Waals surface area contributed by atoms with E-state index in [1.165, 1.54) is 0 Å². The van der Waals surface area contributed by atoms with Gasteiger partial charge in [-0.15, -0.1) is 24.0 Å². The zero-order chi connectivity index (χ0) is 15.6. The highest BCUT2D eigenvalue weighted by Crippen LogP contribution is 2.14. The highest BCUT2D eigenvalue weighted by molar-refractivity contribution is 14.0. The average molecular weight is 435 g/mol. The molecule has 2 N–H and O–H groups in total. The Morgan fingerprint density at radius 3 is 2.83 bits per heavy atom. The second-order valence-electron chi connectivity index (χ2n) is 5.12. The van der Waals surface area contributed by atoms with E-state index in [4.69, 9.17) is 19.9 Å². The van der Waals surface area contributed by atoms with Gasteiger partial charge in [0.2, 0.25) is 0 Å². The number of rotatable bonds is 7. The summed E-state index contributed by atoms with van der Waals surface area (Å²) in [6.45, 7) is 4.94. The van der Waals surface area contributed by atoms with Gasteiger partial charge in [0.05, 0.1) is 26.4 Å². The number of methoxy groups -OCH3 is 1. The molecule has 0 radical (unpaired) electrons. The molecule has 1 aliphatic rings. The predicted octanol–water partition coefficient (Wildman–Crippen LogP) is 1.87. The number of benzene rings is 1. The molecule has 1 heterocycles. The maximum atomic E-state index is 6.02. The molecule has 0 unspecified atom stereocenters. The van der Waals surface area contributed by atoms with Crippen LogP contribution in [0.25, 0.3) is 0 Å². The van der Waals surface area contributed by atoms with E-state index in [-0.39, 0.29) is 24.0 Å². The lowest BCUT2D eigenvalue weighted by Crippen LogP contribution is -2.44. The Kier molecular flexibility index (Phi) is 9.97. The molecule has 0 aliphatic carbocycles. The van der Waals surface area contributed by atoms with Gasteiger partial charge in [0.25, 0.3) is 0 Å². The molecule has 0 aromatic heterocycles.